The molecule has 4 aliphatic rings. The Morgan fingerprint density at radius 2 is 1.91 bits per heavy atom. The van der Waals surface area contributed by atoms with Gasteiger partial charge in [0.2, 0.25) is 0 Å². The van der Waals surface area contributed by atoms with Crippen molar-refractivity contribution in [1.82, 2.24) is 19.6 Å². The predicted molar refractivity (Wildman–Crippen MR) is 133 cm³/mol. The number of aromatic hydroxyl groups is 1. The summed E-state index contributed by atoms with van der Waals surface area (Å²) in [4.78, 5) is 5.21. The molecular weight excluding hydrogens is 424 g/mol. The van der Waals surface area contributed by atoms with Gasteiger partial charge in [-0.3, -0.25) is 14.5 Å². The molecule has 1 aromatic heterocycles. The van der Waals surface area contributed by atoms with Crippen molar-refractivity contribution < 1.29 is 10.2 Å². The smallest absolute Gasteiger partial charge is 0.115 e. The Morgan fingerprint density at radius 3 is 2.65 bits per heavy atom. The fourth-order valence-corrected chi connectivity index (χ4v) is 7.63. The van der Waals surface area contributed by atoms with Gasteiger partial charge in [0.25, 0.3) is 0 Å². The van der Waals surface area contributed by atoms with Gasteiger partial charge in [0.15, 0.2) is 0 Å². The van der Waals surface area contributed by atoms with Gasteiger partial charge in [-0.05, 0) is 107 Å². The molecule has 6 heteroatoms. The van der Waals surface area contributed by atoms with E-state index in [0.29, 0.717) is 5.75 Å². The number of fused-ring (bicyclic) bond motifs is 1. The van der Waals surface area contributed by atoms with E-state index in [-0.39, 0.29) is 17.0 Å². The number of phenols is 1. The van der Waals surface area contributed by atoms with E-state index in [1.807, 2.05) is 23.0 Å². The SMILES string of the molecule is Cc1cnn(CCN2CCC34CCN(CC5CC5)C(Cc5ccc(O)cc53)C4(O)CC2(C)C)c1. The highest BCUT2D eigenvalue weighted by molar-refractivity contribution is 5.48. The Morgan fingerprint density at radius 1 is 1.12 bits per heavy atom. The van der Waals surface area contributed by atoms with Gasteiger partial charge in [0.05, 0.1) is 18.3 Å². The number of aryl methyl sites for hydroxylation is 1. The van der Waals surface area contributed by atoms with Crippen LogP contribution in [0.5, 0.6) is 5.75 Å². The number of benzene rings is 1. The minimum Gasteiger partial charge on any atom is -0.508 e. The van der Waals surface area contributed by atoms with Crippen LogP contribution in [0, 0.1) is 12.8 Å². The van der Waals surface area contributed by atoms with Gasteiger partial charge in [-0.15, -0.1) is 0 Å². The lowest BCUT2D eigenvalue weighted by atomic mass is 9.51. The summed E-state index contributed by atoms with van der Waals surface area (Å²) in [6.45, 7) is 11.6. The molecule has 2 N–H and O–H groups in total. The van der Waals surface area contributed by atoms with Crippen molar-refractivity contribution in [2.24, 2.45) is 5.92 Å². The lowest BCUT2D eigenvalue weighted by Crippen LogP contribution is -2.72. The third-order valence-corrected chi connectivity index (χ3v) is 9.59. The molecule has 34 heavy (non-hydrogen) atoms. The Labute approximate surface area is 203 Å². The molecule has 6 rings (SSSR count). The van der Waals surface area contributed by atoms with Crippen molar-refractivity contribution in [3.63, 3.8) is 0 Å². The maximum Gasteiger partial charge on any atom is 0.115 e. The van der Waals surface area contributed by atoms with Gasteiger partial charge in [0.1, 0.15) is 5.75 Å². The molecule has 2 saturated heterocycles. The van der Waals surface area contributed by atoms with Gasteiger partial charge in [-0.25, -0.2) is 0 Å². The topological polar surface area (TPSA) is 64.8 Å². The largest absolute Gasteiger partial charge is 0.508 e. The zero-order valence-corrected chi connectivity index (χ0v) is 21.0. The molecule has 0 radical (unpaired) electrons. The van der Waals surface area contributed by atoms with Gasteiger partial charge < -0.3 is 10.2 Å². The van der Waals surface area contributed by atoms with Crippen molar-refractivity contribution >= 4 is 0 Å². The number of rotatable bonds is 5. The van der Waals surface area contributed by atoms with Crippen molar-refractivity contribution in [2.45, 2.75) is 88.4 Å². The zero-order chi connectivity index (χ0) is 23.7. The quantitative estimate of drug-likeness (QED) is 0.709. The van der Waals surface area contributed by atoms with Crippen LogP contribution < -0.4 is 0 Å². The first-order valence-corrected chi connectivity index (χ1v) is 13.2. The van der Waals surface area contributed by atoms with Crippen LogP contribution in [0.15, 0.2) is 30.6 Å². The molecule has 3 unspecified atom stereocenters. The number of hydrogen-bond donors (Lipinski definition) is 2. The average Bonchev–Trinajstić information content (AvgIpc) is 3.51. The van der Waals surface area contributed by atoms with Crippen LogP contribution in [0.1, 0.15) is 62.6 Å². The van der Waals surface area contributed by atoms with Crippen molar-refractivity contribution in [3.05, 3.63) is 47.3 Å². The molecule has 1 aromatic carbocycles. The van der Waals surface area contributed by atoms with Crippen molar-refractivity contribution in [2.75, 3.05) is 26.2 Å². The minimum atomic E-state index is -0.804. The normalized spacial score (nSPS) is 33.2. The number of aliphatic hydroxyl groups is 1. The summed E-state index contributed by atoms with van der Waals surface area (Å²) < 4.78 is 2.04. The first kappa shape index (κ1) is 22.6. The number of hydrogen-bond acceptors (Lipinski definition) is 5. The highest BCUT2D eigenvalue weighted by Crippen LogP contribution is 2.58. The number of phenolic OH excluding ortho intramolecular Hbond substituents is 1. The van der Waals surface area contributed by atoms with Crippen LogP contribution >= 0.6 is 0 Å². The molecule has 0 amide bonds. The van der Waals surface area contributed by atoms with E-state index in [9.17, 15) is 10.2 Å². The van der Waals surface area contributed by atoms with E-state index in [1.54, 1.807) is 0 Å². The first-order chi connectivity index (χ1) is 16.2. The Kier molecular flexibility index (Phi) is 5.18. The molecular formula is C28H40N4O2. The van der Waals surface area contributed by atoms with Crippen LogP contribution in [0.2, 0.25) is 0 Å². The standard InChI is InChI=1S/C28H40N4O2/c1-20-16-29-32(17-20)13-12-31-11-9-27-8-10-30(18-21-4-5-21)25(28(27,34)19-26(31,2)3)14-22-6-7-23(33)15-24(22)27/h6-7,15-17,21,25,33-34H,4-5,8-14,18-19H2,1-3H3. The predicted octanol–water partition coefficient (Wildman–Crippen LogP) is 3.48. The Balaban J connectivity index is 1.38. The monoisotopic (exact) mass is 464 g/mol. The van der Waals surface area contributed by atoms with E-state index in [0.717, 1.165) is 64.3 Å². The second kappa shape index (κ2) is 7.81. The zero-order valence-electron chi connectivity index (χ0n) is 21.0. The summed E-state index contributed by atoms with van der Waals surface area (Å²) in [5, 5.41) is 27.8. The van der Waals surface area contributed by atoms with E-state index >= 15 is 0 Å². The number of piperidine rings is 1. The van der Waals surface area contributed by atoms with Crippen LogP contribution in [0.25, 0.3) is 0 Å². The molecule has 3 atom stereocenters. The summed E-state index contributed by atoms with van der Waals surface area (Å²) in [7, 11) is 0. The summed E-state index contributed by atoms with van der Waals surface area (Å²) in [6.07, 6.45) is 10.2. The Hall–Kier alpha value is -1.89. The number of aromatic nitrogens is 2. The number of likely N-dealkylation sites (tertiary alicyclic amines) is 2. The van der Waals surface area contributed by atoms with Crippen LogP contribution in [0.3, 0.4) is 0 Å². The summed E-state index contributed by atoms with van der Waals surface area (Å²) >= 11 is 0. The maximum atomic E-state index is 12.9. The van der Waals surface area contributed by atoms with Gasteiger partial charge in [-0.2, -0.15) is 5.10 Å². The molecule has 0 spiro atoms. The Bertz CT molecular complexity index is 1080. The fraction of sp³-hybridized carbons (Fsp3) is 0.679. The van der Waals surface area contributed by atoms with Crippen LogP contribution in [-0.2, 0) is 18.4 Å². The molecule has 2 aliphatic heterocycles. The van der Waals surface area contributed by atoms with Crippen molar-refractivity contribution in [3.8, 4) is 5.75 Å². The summed E-state index contributed by atoms with van der Waals surface area (Å²) in [6, 6.07) is 6.07. The second-order valence-corrected chi connectivity index (χ2v) is 12.3. The molecule has 6 nitrogen and oxygen atoms in total. The average molecular weight is 465 g/mol. The van der Waals surface area contributed by atoms with Gasteiger partial charge >= 0.3 is 0 Å². The molecule has 184 valence electrons. The van der Waals surface area contributed by atoms with E-state index in [2.05, 4.69) is 47.9 Å². The van der Waals surface area contributed by atoms with E-state index in [1.165, 1.54) is 29.5 Å². The van der Waals surface area contributed by atoms with Gasteiger partial charge in [0, 0.05) is 36.3 Å². The van der Waals surface area contributed by atoms with E-state index < -0.39 is 5.60 Å². The molecule has 3 heterocycles. The molecule has 2 bridgehead atoms. The molecule has 3 fully saturated rings. The lowest BCUT2D eigenvalue weighted by molar-refractivity contribution is -0.158. The first-order valence-electron chi connectivity index (χ1n) is 13.2. The fourth-order valence-electron chi connectivity index (χ4n) is 7.63. The van der Waals surface area contributed by atoms with Crippen LogP contribution in [0.4, 0.5) is 0 Å². The van der Waals surface area contributed by atoms with Crippen molar-refractivity contribution in [1.29, 1.82) is 0 Å². The molecule has 2 aliphatic carbocycles. The summed E-state index contributed by atoms with van der Waals surface area (Å²) in [5.41, 5.74) is 2.48. The highest BCUT2D eigenvalue weighted by Gasteiger charge is 2.65. The van der Waals surface area contributed by atoms with Crippen LogP contribution in [-0.4, -0.2) is 73.2 Å². The maximum absolute atomic E-state index is 12.9. The third-order valence-electron chi connectivity index (χ3n) is 9.59. The van der Waals surface area contributed by atoms with Gasteiger partial charge in [-0.1, -0.05) is 6.07 Å². The van der Waals surface area contributed by atoms with E-state index in [4.69, 9.17) is 0 Å². The molecule has 1 saturated carbocycles. The molecule has 2 aromatic rings. The highest BCUT2D eigenvalue weighted by atomic mass is 16.3. The number of nitrogens with zero attached hydrogens (tertiary/aromatic N) is 4. The second-order valence-electron chi connectivity index (χ2n) is 12.3. The summed E-state index contributed by atoms with van der Waals surface area (Å²) in [5.74, 6) is 1.13. The lowest BCUT2D eigenvalue weighted by Gasteiger charge is -2.62. The minimum absolute atomic E-state index is 0.131. The third kappa shape index (κ3) is 3.52.